The molecule has 0 spiro atoms. The first-order valence-corrected chi connectivity index (χ1v) is 5.92. The molecule has 1 aliphatic rings. The first kappa shape index (κ1) is 10.6. The molecule has 0 saturated carbocycles. The molecule has 0 fully saturated rings. The number of aromatic nitrogens is 1. The van der Waals surface area contributed by atoms with E-state index in [9.17, 15) is 4.79 Å². The number of rotatable bonds is 2. The highest BCUT2D eigenvalue weighted by atomic mass is 35.5. The average molecular weight is 243 g/mol. The molecule has 5 heteroatoms. The molecule has 0 atom stereocenters. The first-order valence-electron chi connectivity index (χ1n) is 4.73. The van der Waals surface area contributed by atoms with E-state index in [1.165, 1.54) is 16.9 Å². The van der Waals surface area contributed by atoms with Crippen LogP contribution in [-0.2, 0) is 0 Å². The highest BCUT2D eigenvalue weighted by molar-refractivity contribution is 7.17. The van der Waals surface area contributed by atoms with Crippen molar-refractivity contribution in [1.82, 2.24) is 4.98 Å². The molecule has 1 aromatic heterocycles. The Bertz CT molecular complexity index is 414. The van der Waals surface area contributed by atoms with E-state index in [1.54, 1.807) is 0 Å². The molecule has 3 nitrogen and oxygen atoms in total. The normalized spacial score (nSPS) is 16.4. The molecule has 2 heterocycles. The van der Waals surface area contributed by atoms with Gasteiger partial charge in [-0.2, -0.15) is 0 Å². The van der Waals surface area contributed by atoms with Crippen LogP contribution in [0.1, 0.15) is 23.0 Å². The monoisotopic (exact) mass is 242 g/mol. The molecule has 0 bridgehead atoms. The standard InChI is InChI=1S/C10H11ClN2OS/c1-7-2-4-13(5-3-7)10-12-9(11)8(6-14)15-10/h2,6H,3-5H2,1H3. The molecule has 2 rings (SSSR count). The van der Waals surface area contributed by atoms with Gasteiger partial charge in [-0.3, -0.25) is 4.79 Å². The van der Waals surface area contributed by atoms with Crippen LogP contribution in [0.3, 0.4) is 0 Å². The summed E-state index contributed by atoms with van der Waals surface area (Å²) in [7, 11) is 0. The van der Waals surface area contributed by atoms with Crippen LogP contribution in [0.2, 0.25) is 5.15 Å². The van der Waals surface area contributed by atoms with Gasteiger partial charge < -0.3 is 4.90 Å². The van der Waals surface area contributed by atoms with Gasteiger partial charge in [0.2, 0.25) is 0 Å². The van der Waals surface area contributed by atoms with Crippen LogP contribution in [0.4, 0.5) is 5.13 Å². The third kappa shape index (κ3) is 2.21. The Morgan fingerprint density at radius 1 is 1.67 bits per heavy atom. The Balaban J connectivity index is 2.20. The molecule has 80 valence electrons. The van der Waals surface area contributed by atoms with Gasteiger partial charge >= 0.3 is 0 Å². The van der Waals surface area contributed by atoms with Gasteiger partial charge in [0.05, 0.1) is 0 Å². The van der Waals surface area contributed by atoms with Gasteiger partial charge in [0, 0.05) is 13.1 Å². The summed E-state index contributed by atoms with van der Waals surface area (Å²) in [5.74, 6) is 0. The van der Waals surface area contributed by atoms with Gasteiger partial charge in [-0.25, -0.2) is 4.98 Å². The lowest BCUT2D eigenvalue weighted by Gasteiger charge is -2.24. The summed E-state index contributed by atoms with van der Waals surface area (Å²) >= 11 is 7.17. The molecule has 15 heavy (non-hydrogen) atoms. The van der Waals surface area contributed by atoms with E-state index in [1.807, 2.05) is 0 Å². The Labute approximate surface area is 97.4 Å². The predicted octanol–water partition coefficient (Wildman–Crippen LogP) is 2.77. The van der Waals surface area contributed by atoms with Crippen LogP contribution < -0.4 is 4.90 Å². The largest absolute Gasteiger partial charge is 0.344 e. The van der Waals surface area contributed by atoms with Crippen LogP contribution in [0.5, 0.6) is 0 Å². The zero-order valence-corrected chi connectivity index (χ0v) is 9.94. The maximum Gasteiger partial charge on any atom is 0.187 e. The van der Waals surface area contributed by atoms with Crippen LogP contribution >= 0.6 is 22.9 Å². The molecule has 0 unspecified atom stereocenters. The Kier molecular flexibility index (Phi) is 3.07. The van der Waals surface area contributed by atoms with E-state index in [2.05, 4.69) is 22.9 Å². The van der Waals surface area contributed by atoms with Gasteiger partial charge in [0.1, 0.15) is 4.88 Å². The molecule has 0 aromatic carbocycles. The number of hydrogen-bond donors (Lipinski definition) is 0. The highest BCUT2D eigenvalue weighted by Gasteiger charge is 2.16. The zero-order chi connectivity index (χ0) is 10.8. The number of nitrogens with zero attached hydrogens (tertiary/aromatic N) is 2. The van der Waals surface area contributed by atoms with Crippen molar-refractivity contribution in [2.75, 3.05) is 18.0 Å². The lowest BCUT2D eigenvalue weighted by Crippen LogP contribution is -2.27. The van der Waals surface area contributed by atoms with Crippen molar-refractivity contribution in [1.29, 1.82) is 0 Å². The van der Waals surface area contributed by atoms with Crippen LogP contribution in [0.15, 0.2) is 11.6 Å². The molecule has 1 aromatic rings. The zero-order valence-electron chi connectivity index (χ0n) is 8.36. The average Bonchev–Trinajstić information content (AvgIpc) is 2.61. The lowest BCUT2D eigenvalue weighted by atomic mass is 10.1. The second-order valence-electron chi connectivity index (χ2n) is 3.52. The Morgan fingerprint density at radius 2 is 2.47 bits per heavy atom. The number of anilines is 1. The smallest absolute Gasteiger partial charge is 0.187 e. The number of hydrogen-bond acceptors (Lipinski definition) is 4. The van der Waals surface area contributed by atoms with E-state index in [-0.39, 0.29) is 0 Å². The van der Waals surface area contributed by atoms with Crippen molar-refractivity contribution < 1.29 is 4.79 Å². The van der Waals surface area contributed by atoms with Crippen molar-refractivity contribution in [2.24, 2.45) is 0 Å². The van der Waals surface area contributed by atoms with E-state index < -0.39 is 0 Å². The molecule has 0 N–H and O–H groups in total. The minimum atomic E-state index is 0.316. The topological polar surface area (TPSA) is 33.2 Å². The Hall–Kier alpha value is -0.870. The molecular weight excluding hydrogens is 232 g/mol. The Morgan fingerprint density at radius 3 is 3.00 bits per heavy atom. The summed E-state index contributed by atoms with van der Waals surface area (Å²) in [6.07, 6.45) is 3.99. The molecule has 0 saturated heterocycles. The SMILES string of the molecule is CC1=CCN(c2nc(Cl)c(C=O)s2)CC1. The molecule has 0 amide bonds. The van der Waals surface area contributed by atoms with Gasteiger partial charge in [-0.1, -0.05) is 34.6 Å². The summed E-state index contributed by atoms with van der Waals surface area (Å²) in [6.45, 7) is 3.93. The van der Waals surface area contributed by atoms with Crippen LogP contribution in [0, 0.1) is 0 Å². The fourth-order valence-corrected chi connectivity index (χ4v) is 2.55. The van der Waals surface area contributed by atoms with Crippen molar-refractivity contribution in [3.8, 4) is 0 Å². The summed E-state index contributed by atoms with van der Waals surface area (Å²) in [4.78, 5) is 17.5. The maximum absolute atomic E-state index is 10.6. The molecule has 0 aliphatic carbocycles. The fourth-order valence-electron chi connectivity index (χ4n) is 1.45. The van der Waals surface area contributed by atoms with Crippen molar-refractivity contribution in [2.45, 2.75) is 13.3 Å². The minimum absolute atomic E-state index is 0.316. The van der Waals surface area contributed by atoms with Crippen molar-refractivity contribution in [3.05, 3.63) is 21.7 Å². The predicted molar refractivity (Wildman–Crippen MR) is 63.1 cm³/mol. The van der Waals surface area contributed by atoms with Crippen molar-refractivity contribution in [3.63, 3.8) is 0 Å². The summed E-state index contributed by atoms with van der Waals surface area (Å²) in [5.41, 5.74) is 1.41. The van der Waals surface area contributed by atoms with Crippen molar-refractivity contribution >= 4 is 34.4 Å². The number of carbonyl (C=O) groups excluding carboxylic acids is 1. The molecule has 1 aliphatic heterocycles. The second-order valence-corrected chi connectivity index (χ2v) is 4.88. The number of aldehydes is 1. The maximum atomic E-state index is 10.6. The second kappa shape index (κ2) is 4.33. The van der Waals surface area contributed by atoms with E-state index in [0.29, 0.717) is 10.0 Å². The van der Waals surface area contributed by atoms with Gasteiger partial charge in [-0.15, -0.1) is 0 Å². The van der Waals surface area contributed by atoms with E-state index in [0.717, 1.165) is 30.9 Å². The van der Waals surface area contributed by atoms with Gasteiger partial charge in [-0.05, 0) is 13.3 Å². The molecular formula is C10H11ClN2OS. The van der Waals surface area contributed by atoms with Crippen LogP contribution in [0.25, 0.3) is 0 Å². The quantitative estimate of drug-likeness (QED) is 0.591. The molecule has 0 radical (unpaired) electrons. The number of carbonyl (C=O) groups is 1. The number of halogens is 1. The van der Waals surface area contributed by atoms with Gasteiger partial charge in [0.15, 0.2) is 16.6 Å². The minimum Gasteiger partial charge on any atom is -0.344 e. The van der Waals surface area contributed by atoms with E-state index in [4.69, 9.17) is 11.6 Å². The first-order chi connectivity index (χ1) is 7.20. The van der Waals surface area contributed by atoms with Gasteiger partial charge in [0.25, 0.3) is 0 Å². The third-order valence-corrected chi connectivity index (χ3v) is 3.85. The summed E-state index contributed by atoms with van der Waals surface area (Å²) < 4.78 is 0. The fraction of sp³-hybridized carbons (Fsp3) is 0.400. The highest BCUT2D eigenvalue weighted by Crippen LogP contribution is 2.29. The summed E-state index contributed by atoms with van der Waals surface area (Å²) in [5, 5.41) is 1.15. The third-order valence-electron chi connectivity index (χ3n) is 2.41. The number of thiazole rings is 1. The lowest BCUT2D eigenvalue weighted by molar-refractivity contribution is 0.112. The summed E-state index contributed by atoms with van der Waals surface area (Å²) in [6, 6.07) is 0. The van der Waals surface area contributed by atoms with E-state index >= 15 is 0 Å². The van der Waals surface area contributed by atoms with Crippen LogP contribution in [-0.4, -0.2) is 24.4 Å².